The zero-order valence-corrected chi connectivity index (χ0v) is 15.1. The van der Waals surface area contributed by atoms with Crippen LogP contribution in [0.1, 0.15) is 18.9 Å². The molecule has 0 unspecified atom stereocenters. The molecule has 0 aliphatic rings. The molecular weight excluding hydrogens is 356 g/mol. The number of sulfonamides is 1. The zero-order valence-electron chi connectivity index (χ0n) is 12.7. The number of hydrogen-bond acceptors (Lipinski definition) is 4. The second-order valence-electron chi connectivity index (χ2n) is 4.75. The number of nitrogens with zero attached hydrogens (tertiary/aromatic N) is 1. The van der Waals surface area contributed by atoms with Crippen LogP contribution in [0.4, 0.5) is 0 Å². The highest BCUT2D eigenvalue weighted by atomic mass is 79.9. The largest absolute Gasteiger partial charge is 0.496 e. The van der Waals surface area contributed by atoms with Crippen LogP contribution in [0.15, 0.2) is 22.7 Å². The van der Waals surface area contributed by atoms with E-state index in [9.17, 15) is 8.42 Å². The third-order valence-corrected chi connectivity index (χ3v) is 5.13. The molecule has 0 heterocycles. The fraction of sp³-hybridized carbons (Fsp3) is 0.571. The van der Waals surface area contributed by atoms with Crippen molar-refractivity contribution in [3.05, 3.63) is 28.2 Å². The van der Waals surface area contributed by atoms with Gasteiger partial charge in [-0.3, -0.25) is 0 Å². The minimum Gasteiger partial charge on any atom is -0.496 e. The molecule has 0 bridgehead atoms. The minimum absolute atomic E-state index is 0.518. The molecule has 1 N–H and O–H groups in total. The molecular formula is C14H23BrN2O3S. The Labute approximate surface area is 135 Å². The van der Waals surface area contributed by atoms with Crippen molar-refractivity contribution in [3.63, 3.8) is 0 Å². The van der Waals surface area contributed by atoms with Gasteiger partial charge in [-0.2, -0.15) is 0 Å². The Morgan fingerprint density at radius 1 is 1.38 bits per heavy atom. The number of ether oxygens (including phenoxy) is 1. The lowest BCUT2D eigenvalue weighted by Crippen LogP contribution is -2.32. The Morgan fingerprint density at radius 2 is 2.10 bits per heavy atom. The molecule has 5 nitrogen and oxygen atoms in total. The first-order valence-electron chi connectivity index (χ1n) is 6.86. The molecule has 1 aromatic rings. The van der Waals surface area contributed by atoms with Crippen LogP contribution in [-0.2, 0) is 16.6 Å². The lowest BCUT2D eigenvalue weighted by Gasteiger charge is -2.17. The highest BCUT2D eigenvalue weighted by Gasteiger charge is 2.12. The van der Waals surface area contributed by atoms with Crippen molar-refractivity contribution in [1.82, 2.24) is 9.62 Å². The van der Waals surface area contributed by atoms with Gasteiger partial charge in [0, 0.05) is 19.6 Å². The summed E-state index contributed by atoms with van der Waals surface area (Å²) in [6, 6.07) is 5.94. The van der Waals surface area contributed by atoms with Gasteiger partial charge in [-0.25, -0.2) is 12.7 Å². The Hall–Kier alpha value is -0.630. The van der Waals surface area contributed by atoms with Crippen molar-refractivity contribution < 1.29 is 13.2 Å². The molecule has 0 aliphatic carbocycles. The van der Waals surface area contributed by atoms with Gasteiger partial charge >= 0.3 is 0 Å². The summed E-state index contributed by atoms with van der Waals surface area (Å²) < 4.78 is 30.5. The van der Waals surface area contributed by atoms with E-state index in [0.717, 1.165) is 35.3 Å². The number of rotatable bonds is 9. The molecule has 0 aromatic heterocycles. The molecule has 0 atom stereocenters. The van der Waals surface area contributed by atoms with Crippen LogP contribution >= 0.6 is 15.9 Å². The second-order valence-corrected chi connectivity index (χ2v) is 7.59. The summed E-state index contributed by atoms with van der Waals surface area (Å²) >= 11 is 3.45. The van der Waals surface area contributed by atoms with Gasteiger partial charge in [-0.1, -0.05) is 13.0 Å². The Morgan fingerprint density at radius 3 is 2.62 bits per heavy atom. The fourth-order valence-corrected chi connectivity index (χ4v) is 3.51. The van der Waals surface area contributed by atoms with E-state index in [2.05, 4.69) is 21.2 Å². The van der Waals surface area contributed by atoms with E-state index in [1.165, 1.54) is 10.6 Å². The quantitative estimate of drug-likeness (QED) is 0.669. The van der Waals surface area contributed by atoms with Crippen LogP contribution in [0.2, 0.25) is 0 Å². The predicted octanol–water partition coefficient (Wildman–Crippen LogP) is 2.22. The third-order valence-electron chi connectivity index (χ3n) is 3.13. The second kappa shape index (κ2) is 8.73. The third kappa shape index (κ3) is 6.34. The molecule has 21 heavy (non-hydrogen) atoms. The summed E-state index contributed by atoms with van der Waals surface area (Å²) in [6.45, 7) is 4.44. The first kappa shape index (κ1) is 18.4. The van der Waals surface area contributed by atoms with Crippen molar-refractivity contribution in [3.8, 4) is 5.75 Å². The molecule has 120 valence electrons. The summed E-state index contributed by atoms with van der Waals surface area (Å²) in [5, 5.41) is 3.31. The Bertz CT molecular complexity index is 549. The average molecular weight is 379 g/mol. The fourth-order valence-electron chi connectivity index (χ4n) is 1.99. The normalized spacial score (nSPS) is 11.9. The van der Waals surface area contributed by atoms with Gasteiger partial charge in [-0.15, -0.1) is 0 Å². The molecule has 7 heteroatoms. The molecule has 0 fully saturated rings. The highest BCUT2D eigenvalue weighted by molar-refractivity contribution is 9.10. The van der Waals surface area contributed by atoms with Crippen molar-refractivity contribution >= 4 is 26.0 Å². The lowest BCUT2D eigenvalue weighted by atomic mass is 10.2. The monoisotopic (exact) mass is 378 g/mol. The van der Waals surface area contributed by atoms with Gasteiger partial charge in [0.1, 0.15) is 5.75 Å². The highest BCUT2D eigenvalue weighted by Crippen LogP contribution is 2.25. The number of methoxy groups -OCH3 is 1. The van der Waals surface area contributed by atoms with E-state index in [4.69, 9.17) is 4.74 Å². The molecule has 0 amide bonds. The van der Waals surface area contributed by atoms with E-state index in [-0.39, 0.29) is 0 Å². The maximum absolute atomic E-state index is 11.4. The van der Waals surface area contributed by atoms with Crippen molar-refractivity contribution in [2.45, 2.75) is 19.9 Å². The van der Waals surface area contributed by atoms with Crippen LogP contribution in [0, 0.1) is 0 Å². The lowest BCUT2D eigenvalue weighted by molar-refractivity contribution is 0.411. The first-order valence-corrected chi connectivity index (χ1v) is 9.51. The molecule has 0 saturated heterocycles. The number of hydrogen-bond donors (Lipinski definition) is 1. The van der Waals surface area contributed by atoms with E-state index >= 15 is 0 Å². The summed E-state index contributed by atoms with van der Waals surface area (Å²) in [5.74, 6) is 0.811. The minimum atomic E-state index is -3.08. The van der Waals surface area contributed by atoms with E-state index in [0.29, 0.717) is 13.1 Å². The smallest absolute Gasteiger partial charge is 0.211 e. The van der Waals surface area contributed by atoms with Crippen LogP contribution in [0.5, 0.6) is 5.75 Å². The topological polar surface area (TPSA) is 58.6 Å². The Kier molecular flexibility index (Phi) is 7.65. The zero-order chi connectivity index (χ0) is 15.9. The van der Waals surface area contributed by atoms with Gasteiger partial charge in [-0.05, 0) is 46.6 Å². The van der Waals surface area contributed by atoms with Crippen molar-refractivity contribution in [1.29, 1.82) is 0 Å². The molecule has 0 radical (unpaired) electrons. The van der Waals surface area contributed by atoms with Gasteiger partial charge in [0.2, 0.25) is 10.0 Å². The standard InChI is InChI=1S/C14H23BrN2O3S/c1-4-17(21(3,18)19)9-5-8-16-11-12-6-7-14(20-2)13(15)10-12/h6-7,10,16H,4-5,8-9,11H2,1-3H3. The first-order chi connectivity index (χ1) is 9.88. The summed E-state index contributed by atoms with van der Waals surface area (Å²) in [6.07, 6.45) is 2.04. The number of halogens is 1. The average Bonchev–Trinajstić information content (AvgIpc) is 2.41. The van der Waals surface area contributed by atoms with E-state index in [1.807, 2.05) is 25.1 Å². The molecule has 1 rings (SSSR count). The number of nitrogens with one attached hydrogen (secondary N) is 1. The van der Waals surface area contributed by atoms with E-state index < -0.39 is 10.0 Å². The van der Waals surface area contributed by atoms with Gasteiger partial charge in [0.25, 0.3) is 0 Å². The summed E-state index contributed by atoms with van der Waals surface area (Å²) in [7, 11) is -1.44. The maximum atomic E-state index is 11.4. The SMILES string of the molecule is CCN(CCCNCc1ccc(OC)c(Br)c1)S(C)(=O)=O. The van der Waals surface area contributed by atoms with Crippen molar-refractivity contribution in [2.24, 2.45) is 0 Å². The van der Waals surface area contributed by atoms with Gasteiger partial charge in [0.15, 0.2) is 0 Å². The predicted molar refractivity (Wildman–Crippen MR) is 89.1 cm³/mol. The number of benzene rings is 1. The van der Waals surface area contributed by atoms with Crippen LogP contribution in [0.25, 0.3) is 0 Å². The molecule has 0 saturated carbocycles. The van der Waals surface area contributed by atoms with Gasteiger partial charge in [0.05, 0.1) is 17.8 Å². The van der Waals surface area contributed by atoms with Crippen LogP contribution < -0.4 is 10.1 Å². The van der Waals surface area contributed by atoms with Crippen LogP contribution in [-0.4, -0.2) is 45.7 Å². The molecule has 0 spiro atoms. The Balaban J connectivity index is 2.33. The van der Waals surface area contributed by atoms with Crippen molar-refractivity contribution in [2.75, 3.05) is 33.0 Å². The summed E-state index contributed by atoms with van der Waals surface area (Å²) in [4.78, 5) is 0. The van der Waals surface area contributed by atoms with E-state index in [1.54, 1.807) is 7.11 Å². The maximum Gasteiger partial charge on any atom is 0.211 e. The molecule has 1 aromatic carbocycles. The van der Waals surface area contributed by atoms with Gasteiger partial charge < -0.3 is 10.1 Å². The summed E-state index contributed by atoms with van der Waals surface area (Å²) in [5.41, 5.74) is 1.15. The van der Waals surface area contributed by atoms with Crippen LogP contribution in [0.3, 0.4) is 0 Å². The molecule has 0 aliphatic heterocycles.